The molecule has 2 atom stereocenters. The van der Waals surface area contributed by atoms with E-state index in [4.69, 9.17) is 5.73 Å². The molecule has 1 aromatic carbocycles. The number of benzene rings is 1. The van der Waals surface area contributed by atoms with Crippen LogP contribution in [0.4, 0.5) is 0 Å². The number of nitrogens with two attached hydrogens (primary N) is 1. The van der Waals surface area contributed by atoms with Crippen LogP contribution in [0.15, 0.2) is 29.4 Å². The molecule has 2 aromatic rings. The van der Waals surface area contributed by atoms with Gasteiger partial charge in [0, 0.05) is 19.6 Å². The number of aryl methyl sites for hydroxylation is 1. The molecular weight excluding hydrogens is 336 g/mol. The molecule has 2 unspecified atom stereocenters. The lowest BCUT2D eigenvalue weighted by Gasteiger charge is -2.32. The highest BCUT2D eigenvalue weighted by Crippen LogP contribution is 2.29. The molecular formula is C18H24N4O2S. The Morgan fingerprint density at radius 3 is 2.88 bits per heavy atom. The summed E-state index contributed by atoms with van der Waals surface area (Å²) in [5.41, 5.74) is 7.44. The van der Waals surface area contributed by atoms with E-state index in [0.29, 0.717) is 13.1 Å². The number of para-hydroxylation sites is 2. The van der Waals surface area contributed by atoms with Gasteiger partial charge in [0.15, 0.2) is 5.16 Å². The fourth-order valence-corrected chi connectivity index (χ4v) is 4.40. The minimum atomic E-state index is -0.314. The smallest absolute Gasteiger partial charge is 0.235 e. The Kier molecular flexibility index (Phi) is 5.32. The van der Waals surface area contributed by atoms with Gasteiger partial charge in [0.2, 0.25) is 11.8 Å². The highest BCUT2D eigenvalue weighted by molar-refractivity contribution is 8.00. The van der Waals surface area contributed by atoms with Crippen molar-refractivity contribution in [1.82, 2.24) is 14.5 Å². The van der Waals surface area contributed by atoms with Gasteiger partial charge < -0.3 is 15.2 Å². The van der Waals surface area contributed by atoms with Crippen molar-refractivity contribution < 1.29 is 9.59 Å². The van der Waals surface area contributed by atoms with Gasteiger partial charge in [0.1, 0.15) is 0 Å². The molecule has 1 aliphatic rings. The SMILES string of the molecule is CCn1c(SC(C)C(=O)N2CCCC(C(N)=O)C2)nc2ccccc21. The molecule has 2 heterocycles. The van der Waals surface area contributed by atoms with Crippen molar-refractivity contribution in [2.45, 2.75) is 43.6 Å². The summed E-state index contributed by atoms with van der Waals surface area (Å²) in [5.74, 6) is -0.494. The van der Waals surface area contributed by atoms with Crippen molar-refractivity contribution in [3.8, 4) is 0 Å². The third kappa shape index (κ3) is 3.66. The van der Waals surface area contributed by atoms with Gasteiger partial charge in [-0.15, -0.1) is 0 Å². The number of hydrogen-bond donors (Lipinski definition) is 1. The largest absolute Gasteiger partial charge is 0.369 e. The summed E-state index contributed by atoms with van der Waals surface area (Å²) < 4.78 is 2.13. The van der Waals surface area contributed by atoms with Crippen LogP contribution < -0.4 is 5.73 Å². The van der Waals surface area contributed by atoms with Crippen LogP contribution in [0.1, 0.15) is 26.7 Å². The molecule has 1 aliphatic heterocycles. The zero-order valence-corrected chi connectivity index (χ0v) is 15.5. The van der Waals surface area contributed by atoms with Gasteiger partial charge in [0.25, 0.3) is 0 Å². The normalized spacial score (nSPS) is 19.1. The molecule has 2 N–H and O–H groups in total. The minimum Gasteiger partial charge on any atom is -0.369 e. The Bertz CT molecular complexity index is 788. The number of thioether (sulfide) groups is 1. The third-order valence-corrected chi connectivity index (χ3v) is 5.78. The molecule has 0 saturated carbocycles. The van der Waals surface area contributed by atoms with Gasteiger partial charge in [-0.25, -0.2) is 4.98 Å². The van der Waals surface area contributed by atoms with E-state index in [2.05, 4.69) is 16.5 Å². The zero-order valence-electron chi connectivity index (χ0n) is 14.6. The lowest BCUT2D eigenvalue weighted by atomic mass is 9.97. The number of amides is 2. The van der Waals surface area contributed by atoms with E-state index < -0.39 is 0 Å². The summed E-state index contributed by atoms with van der Waals surface area (Å²) >= 11 is 1.48. The molecule has 1 aromatic heterocycles. The number of likely N-dealkylation sites (tertiary alicyclic amines) is 1. The molecule has 0 aliphatic carbocycles. The number of hydrogen-bond acceptors (Lipinski definition) is 4. The number of rotatable bonds is 5. The fraction of sp³-hybridized carbons (Fsp3) is 0.500. The van der Waals surface area contributed by atoms with Crippen LogP contribution in [-0.4, -0.2) is 44.6 Å². The van der Waals surface area contributed by atoms with Gasteiger partial charge in [0.05, 0.1) is 22.2 Å². The average molecular weight is 360 g/mol. The van der Waals surface area contributed by atoms with Crippen molar-refractivity contribution in [2.24, 2.45) is 11.7 Å². The molecule has 134 valence electrons. The molecule has 25 heavy (non-hydrogen) atoms. The van der Waals surface area contributed by atoms with E-state index in [1.165, 1.54) is 11.8 Å². The fourth-order valence-electron chi connectivity index (χ4n) is 3.32. The molecule has 2 amide bonds. The maximum Gasteiger partial charge on any atom is 0.235 e. The van der Waals surface area contributed by atoms with E-state index in [0.717, 1.165) is 35.6 Å². The maximum absolute atomic E-state index is 12.8. The maximum atomic E-state index is 12.8. The predicted octanol–water partition coefficient (Wildman–Crippen LogP) is 2.26. The Hall–Kier alpha value is -2.02. The Morgan fingerprint density at radius 2 is 2.16 bits per heavy atom. The molecule has 0 bridgehead atoms. The first kappa shape index (κ1) is 17.8. The molecule has 1 saturated heterocycles. The van der Waals surface area contributed by atoms with E-state index in [1.807, 2.05) is 31.2 Å². The molecule has 0 spiro atoms. The van der Waals surface area contributed by atoms with Crippen LogP contribution >= 0.6 is 11.8 Å². The topological polar surface area (TPSA) is 81.2 Å². The lowest BCUT2D eigenvalue weighted by Crippen LogP contribution is -2.46. The predicted molar refractivity (Wildman–Crippen MR) is 99.2 cm³/mol. The minimum absolute atomic E-state index is 0.0469. The van der Waals surface area contributed by atoms with Gasteiger partial charge >= 0.3 is 0 Å². The van der Waals surface area contributed by atoms with Gasteiger partial charge in [-0.1, -0.05) is 23.9 Å². The summed E-state index contributed by atoms with van der Waals surface area (Å²) in [5, 5.41) is 0.599. The monoisotopic (exact) mass is 360 g/mol. The van der Waals surface area contributed by atoms with Crippen LogP contribution in [-0.2, 0) is 16.1 Å². The third-order valence-electron chi connectivity index (χ3n) is 4.70. The highest BCUT2D eigenvalue weighted by atomic mass is 32.2. The first-order valence-electron chi connectivity index (χ1n) is 8.71. The number of carbonyl (C=O) groups is 2. The lowest BCUT2D eigenvalue weighted by molar-refractivity contribution is -0.134. The van der Waals surface area contributed by atoms with Crippen molar-refractivity contribution in [3.63, 3.8) is 0 Å². The van der Waals surface area contributed by atoms with Crippen LogP contribution in [0, 0.1) is 5.92 Å². The number of primary amides is 1. The quantitative estimate of drug-likeness (QED) is 0.829. The number of piperidine rings is 1. The second kappa shape index (κ2) is 7.47. The van der Waals surface area contributed by atoms with Gasteiger partial charge in [-0.05, 0) is 38.8 Å². The highest BCUT2D eigenvalue weighted by Gasteiger charge is 2.30. The Morgan fingerprint density at radius 1 is 1.40 bits per heavy atom. The number of aromatic nitrogens is 2. The van der Waals surface area contributed by atoms with Gasteiger partial charge in [-0.2, -0.15) is 0 Å². The molecule has 6 nitrogen and oxygen atoms in total. The Labute approximate surface area is 151 Å². The van der Waals surface area contributed by atoms with Crippen molar-refractivity contribution in [1.29, 1.82) is 0 Å². The first-order chi connectivity index (χ1) is 12.0. The molecule has 7 heteroatoms. The van der Waals surface area contributed by atoms with Crippen LogP contribution in [0.3, 0.4) is 0 Å². The van der Waals surface area contributed by atoms with Crippen LogP contribution in [0.25, 0.3) is 11.0 Å². The Balaban J connectivity index is 1.74. The first-order valence-corrected chi connectivity index (χ1v) is 9.59. The molecule has 0 radical (unpaired) electrons. The van der Waals surface area contributed by atoms with Crippen LogP contribution in [0.5, 0.6) is 0 Å². The standard InChI is InChI=1S/C18H24N4O2S/c1-3-22-15-9-5-4-8-14(15)20-18(22)25-12(2)17(24)21-10-6-7-13(11-21)16(19)23/h4-5,8-9,12-13H,3,6-7,10-11H2,1-2H3,(H2,19,23). The second-order valence-electron chi connectivity index (χ2n) is 6.41. The average Bonchev–Trinajstić information content (AvgIpc) is 2.97. The van der Waals surface area contributed by atoms with E-state index in [-0.39, 0.29) is 23.0 Å². The van der Waals surface area contributed by atoms with E-state index in [9.17, 15) is 9.59 Å². The second-order valence-corrected chi connectivity index (χ2v) is 7.72. The summed E-state index contributed by atoms with van der Waals surface area (Å²) in [6, 6.07) is 8.00. The summed E-state index contributed by atoms with van der Waals surface area (Å²) in [4.78, 5) is 30.7. The molecule has 3 rings (SSSR count). The van der Waals surface area contributed by atoms with Crippen LogP contribution in [0.2, 0.25) is 0 Å². The number of carbonyl (C=O) groups excluding carboxylic acids is 2. The number of imidazole rings is 1. The van der Waals surface area contributed by atoms with Crippen molar-refractivity contribution in [3.05, 3.63) is 24.3 Å². The van der Waals surface area contributed by atoms with Crippen molar-refractivity contribution in [2.75, 3.05) is 13.1 Å². The number of fused-ring (bicyclic) bond motifs is 1. The van der Waals surface area contributed by atoms with E-state index >= 15 is 0 Å². The summed E-state index contributed by atoms with van der Waals surface area (Å²) in [6.07, 6.45) is 1.59. The number of nitrogens with zero attached hydrogens (tertiary/aromatic N) is 3. The molecule has 1 fully saturated rings. The zero-order chi connectivity index (χ0) is 18.0. The summed E-state index contributed by atoms with van der Waals surface area (Å²) in [6.45, 7) is 5.91. The van der Waals surface area contributed by atoms with E-state index in [1.54, 1.807) is 4.90 Å². The van der Waals surface area contributed by atoms with Crippen molar-refractivity contribution >= 4 is 34.6 Å². The summed E-state index contributed by atoms with van der Waals surface area (Å²) in [7, 11) is 0. The van der Waals surface area contributed by atoms with Gasteiger partial charge in [-0.3, -0.25) is 9.59 Å².